The van der Waals surface area contributed by atoms with Crippen molar-refractivity contribution in [2.75, 3.05) is 0 Å². The molecule has 26 heavy (non-hydrogen) atoms. The molecular formula is C12H12O12Sb2. The van der Waals surface area contributed by atoms with Crippen LogP contribution in [0.4, 0.5) is 0 Å². The van der Waals surface area contributed by atoms with Gasteiger partial charge in [0.15, 0.2) is 0 Å². The van der Waals surface area contributed by atoms with Gasteiger partial charge in [-0.1, -0.05) is 0 Å². The third-order valence-electron chi connectivity index (χ3n) is 1.60. The Kier molecular flexibility index (Phi) is 32.1. The van der Waals surface area contributed by atoms with E-state index in [1.807, 2.05) is 0 Å². The molecule has 0 aliphatic rings. The minimum Gasteiger partial charge on any atom is -0.550 e. The minimum atomic E-state index is -1.37. The topological polar surface area (TPSA) is 241 Å². The Morgan fingerprint density at radius 3 is 0.462 bits per heavy atom. The van der Waals surface area contributed by atoms with Crippen LogP contribution in [0.1, 0.15) is 38.5 Å². The predicted octanol–water partition coefficient (Wildman–Crippen LogP) is -8.96. The predicted molar refractivity (Wildman–Crippen MR) is 69.3 cm³/mol. The summed E-state index contributed by atoms with van der Waals surface area (Å²) in [4.78, 5) is 57.0. The smallest absolute Gasteiger partial charge is 0.550 e. The van der Waals surface area contributed by atoms with Gasteiger partial charge in [-0.25, -0.2) is 0 Å². The quantitative estimate of drug-likeness (QED) is 0.227. The summed E-state index contributed by atoms with van der Waals surface area (Å²) in [5, 5.41) is 57.0. The maximum absolute atomic E-state index is 9.50. The molecule has 12 nitrogen and oxygen atoms in total. The molecular weight excluding hydrogens is 580 g/mol. The van der Waals surface area contributed by atoms with Gasteiger partial charge in [0.05, 0.1) is 0 Å². The molecule has 0 fully saturated rings. The van der Waals surface area contributed by atoms with Crippen molar-refractivity contribution in [1.29, 1.82) is 0 Å². The zero-order valence-electron chi connectivity index (χ0n) is 13.0. The molecule has 0 aliphatic carbocycles. The largest absolute Gasteiger partial charge is 3.00 e. The van der Waals surface area contributed by atoms with Gasteiger partial charge in [-0.05, 0) is 38.5 Å². The van der Waals surface area contributed by atoms with E-state index in [1.54, 1.807) is 0 Å². The molecule has 0 saturated heterocycles. The van der Waals surface area contributed by atoms with Crippen molar-refractivity contribution in [3.63, 3.8) is 0 Å². The summed E-state index contributed by atoms with van der Waals surface area (Å²) in [7, 11) is 0. The fourth-order valence-electron chi connectivity index (χ4n) is 0.612. The van der Waals surface area contributed by atoms with E-state index in [1.165, 1.54) is 0 Å². The van der Waals surface area contributed by atoms with Crippen LogP contribution in [0.3, 0.4) is 0 Å². The number of hydrogen-bond donors (Lipinski definition) is 0. The second-order valence-corrected chi connectivity index (χ2v) is 3.73. The van der Waals surface area contributed by atoms with Gasteiger partial charge < -0.3 is 59.4 Å². The fraction of sp³-hybridized carbons (Fsp3) is 0.500. The number of aliphatic carboxylic acids is 6. The van der Waals surface area contributed by atoms with E-state index < -0.39 is 74.3 Å². The molecule has 0 N–H and O–H groups in total. The van der Waals surface area contributed by atoms with Crippen LogP contribution >= 0.6 is 0 Å². The Hall–Kier alpha value is -1.54. The molecule has 14 heteroatoms. The standard InChI is InChI=1S/3C4H6O4.2Sb/c3*5-3(6)1-2-4(7)8;;/h3*1-2H2,(H,5,6)(H,7,8);;/q;;;2*+3/p-6. The molecule has 0 amide bonds. The Bertz CT molecular complexity index is 355. The third-order valence-corrected chi connectivity index (χ3v) is 1.60. The van der Waals surface area contributed by atoms with Crippen LogP contribution in [0.2, 0.25) is 0 Å². The summed E-state index contributed by atoms with van der Waals surface area (Å²) < 4.78 is 0. The van der Waals surface area contributed by atoms with Gasteiger partial charge in [-0.2, -0.15) is 0 Å². The molecule has 0 saturated carbocycles. The van der Waals surface area contributed by atoms with Crippen molar-refractivity contribution in [2.45, 2.75) is 38.5 Å². The molecule has 0 bridgehead atoms. The molecule has 0 aliphatic heterocycles. The van der Waals surface area contributed by atoms with E-state index in [2.05, 4.69) is 0 Å². The number of carboxylic acid groups (broad SMARTS) is 6. The fourth-order valence-corrected chi connectivity index (χ4v) is 0.612. The minimum absolute atomic E-state index is 0. The van der Waals surface area contributed by atoms with Crippen LogP contribution in [-0.2, 0) is 28.8 Å². The van der Waals surface area contributed by atoms with Crippen LogP contribution in [-0.4, -0.2) is 84.7 Å². The maximum atomic E-state index is 9.50. The number of carbonyl (C=O) groups excluding carboxylic acids is 6. The van der Waals surface area contributed by atoms with Gasteiger partial charge in [0.1, 0.15) is 0 Å². The van der Waals surface area contributed by atoms with Crippen LogP contribution in [0.5, 0.6) is 0 Å². The van der Waals surface area contributed by atoms with Gasteiger partial charge in [0.25, 0.3) is 0 Å². The number of carbonyl (C=O) groups is 6. The van der Waals surface area contributed by atoms with Crippen LogP contribution in [0, 0.1) is 0 Å². The van der Waals surface area contributed by atoms with Gasteiger partial charge >= 0.3 is 48.9 Å². The van der Waals surface area contributed by atoms with E-state index in [9.17, 15) is 59.4 Å². The first-order valence-corrected chi connectivity index (χ1v) is 6.07. The van der Waals surface area contributed by atoms with Crippen molar-refractivity contribution in [2.24, 2.45) is 0 Å². The first kappa shape index (κ1) is 35.5. The molecule has 0 spiro atoms. The SMILES string of the molecule is O=C([O-])CCC(=O)[O-].O=C([O-])CCC(=O)[O-].O=C([O-])CCC(=O)[O-].[Sb+3].[Sb+3]. The van der Waals surface area contributed by atoms with E-state index in [0.29, 0.717) is 0 Å². The van der Waals surface area contributed by atoms with Gasteiger partial charge in [-0.3, -0.25) is 0 Å². The van der Waals surface area contributed by atoms with E-state index in [-0.39, 0.29) is 48.9 Å². The zero-order chi connectivity index (χ0) is 19.7. The average Bonchev–Trinajstić information content (AvgIpc) is 2.42. The van der Waals surface area contributed by atoms with Crippen LogP contribution in [0.25, 0.3) is 0 Å². The second kappa shape index (κ2) is 23.5. The summed E-state index contributed by atoms with van der Waals surface area (Å²) in [6, 6.07) is 0. The average molecular weight is 592 g/mol. The molecule has 0 atom stereocenters. The monoisotopic (exact) mass is 590 g/mol. The van der Waals surface area contributed by atoms with Gasteiger partial charge in [0, 0.05) is 35.8 Å². The molecule has 0 heterocycles. The Labute approximate surface area is 182 Å². The Morgan fingerprint density at radius 1 is 0.346 bits per heavy atom. The summed E-state index contributed by atoms with van der Waals surface area (Å²) in [6.07, 6.45) is -2.82. The van der Waals surface area contributed by atoms with Gasteiger partial charge in [0.2, 0.25) is 0 Å². The van der Waals surface area contributed by atoms with Crippen LogP contribution in [0.15, 0.2) is 0 Å². The molecule has 0 unspecified atom stereocenters. The Morgan fingerprint density at radius 2 is 0.423 bits per heavy atom. The number of hydrogen-bond acceptors (Lipinski definition) is 12. The van der Waals surface area contributed by atoms with E-state index >= 15 is 0 Å². The molecule has 4 radical (unpaired) electrons. The first-order chi connectivity index (χ1) is 10.9. The summed E-state index contributed by atoms with van der Waals surface area (Å²) in [5.74, 6) is -8.20. The molecule has 0 aromatic heterocycles. The first-order valence-electron chi connectivity index (χ1n) is 6.07. The number of rotatable bonds is 9. The zero-order valence-corrected chi connectivity index (χ0v) is 18.1. The van der Waals surface area contributed by atoms with Crippen LogP contribution < -0.4 is 30.6 Å². The van der Waals surface area contributed by atoms with E-state index in [0.717, 1.165) is 0 Å². The molecule has 0 rings (SSSR count). The molecule has 142 valence electrons. The molecule has 0 aromatic rings. The summed E-state index contributed by atoms with van der Waals surface area (Å²) >= 11 is 0. The molecule has 0 aromatic carbocycles. The maximum Gasteiger partial charge on any atom is 3.00 e. The van der Waals surface area contributed by atoms with Crippen molar-refractivity contribution in [3.8, 4) is 0 Å². The van der Waals surface area contributed by atoms with Crippen molar-refractivity contribution < 1.29 is 59.4 Å². The van der Waals surface area contributed by atoms with Crippen molar-refractivity contribution >= 4 is 84.7 Å². The Balaban J connectivity index is -0.0000000817. The van der Waals surface area contributed by atoms with Gasteiger partial charge in [-0.15, -0.1) is 0 Å². The van der Waals surface area contributed by atoms with E-state index in [4.69, 9.17) is 0 Å². The second-order valence-electron chi connectivity index (χ2n) is 3.73. The number of carboxylic acids is 6. The third kappa shape index (κ3) is 57.1. The van der Waals surface area contributed by atoms with Crippen molar-refractivity contribution in [3.05, 3.63) is 0 Å². The summed E-state index contributed by atoms with van der Waals surface area (Å²) in [5.41, 5.74) is 0. The summed E-state index contributed by atoms with van der Waals surface area (Å²) in [6.45, 7) is 0. The normalized spacial score (nSPS) is 7.85. The van der Waals surface area contributed by atoms with Crippen molar-refractivity contribution in [1.82, 2.24) is 0 Å².